The van der Waals surface area contributed by atoms with Crippen LogP contribution in [0.3, 0.4) is 0 Å². The molecule has 0 bridgehead atoms. The molecular weight excluding hydrogens is 1300 g/mol. The van der Waals surface area contributed by atoms with Gasteiger partial charge in [-0.25, -0.2) is 4.18 Å². The molecule has 0 spiro atoms. The van der Waals surface area contributed by atoms with Gasteiger partial charge in [-0.05, 0) is 113 Å². The minimum absolute atomic E-state index is 0.00878. The van der Waals surface area contributed by atoms with Gasteiger partial charge in [0.25, 0.3) is 0 Å². The van der Waals surface area contributed by atoms with Crippen LogP contribution in [0.2, 0.25) is 0 Å². The number of ether oxygens (including phenoxy) is 12. The van der Waals surface area contributed by atoms with Crippen LogP contribution in [-0.2, 0) is 76.2 Å². The van der Waals surface area contributed by atoms with E-state index >= 15 is 0 Å². The predicted molar refractivity (Wildman–Crippen MR) is 318 cm³/mol. The lowest BCUT2D eigenvalue weighted by atomic mass is 9.47. The van der Waals surface area contributed by atoms with Crippen LogP contribution in [0.4, 0.5) is 0 Å². The first kappa shape index (κ1) is 76.8. The van der Waals surface area contributed by atoms with Crippen molar-refractivity contribution in [1.82, 2.24) is 0 Å². The molecule has 38 atom stereocenters. The van der Waals surface area contributed by atoms with Crippen LogP contribution in [0.1, 0.15) is 113 Å². The first-order valence-corrected chi connectivity index (χ1v) is 34.8. The number of hydrogen-bond donors (Lipinski definition) is 17. The number of allylic oxidation sites excluding steroid dienone is 2. The summed E-state index contributed by atoms with van der Waals surface area (Å²) in [5.41, 5.74) is -1.36. The number of Topliss-reactive ketones (excluding diaryl/α,β-unsaturated/α-hetero) is 1. The molecule has 6 saturated heterocycles. The van der Waals surface area contributed by atoms with Crippen molar-refractivity contribution < 1.29 is 160 Å². The van der Waals surface area contributed by atoms with Crippen molar-refractivity contribution >= 4 is 16.2 Å². The highest BCUT2D eigenvalue weighted by molar-refractivity contribution is 7.80. The summed E-state index contributed by atoms with van der Waals surface area (Å²) < 4.78 is 112. The second kappa shape index (κ2) is 30.1. The molecule has 6 aliphatic heterocycles. The van der Waals surface area contributed by atoms with Crippen LogP contribution >= 0.6 is 0 Å². The lowest BCUT2D eigenvalue weighted by molar-refractivity contribution is -0.402. The van der Waals surface area contributed by atoms with Gasteiger partial charge >= 0.3 is 10.4 Å². The molecule has 1 unspecified atom stereocenters. The minimum Gasteiger partial charge on any atom is -0.394 e. The van der Waals surface area contributed by atoms with Crippen molar-refractivity contribution in [2.24, 2.45) is 40.4 Å². The molecule has 0 aromatic rings. The van der Waals surface area contributed by atoms with E-state index in [0.717, 1.165) is 5.57 Å². The fourth-order valence-electron chi connectivity index (χ4n) is 17.2. The van der Waals surface area contributed by atoms with Crippen LogP contribution in [-0.4, -0.2) is 316 Å². The number of fused-ring (bicyclic) bond motifs is 5. The van der Waals surface area contributed by atoms with Crippen LogP contribution in [0.25, 0.3) is 0 Å². The third kappa shape index (κ3) is 15.2. The average molecular weight is 1410 g/mol. The smallest absolute Gasteiger partial charge is 0.394 e. The predicted octanol–water partition coefficient (Wildman–Crippen LogP) is -4.85. The quantitative estimate of drug-likeness (QED) is 0.0379. The number of ketones is 1. The fraction of sp³-hybridized carbons (Fsp3) is 0.952. The Labute approximate surface area is 555 Å². The Bertz CT molecular complexity index is 2750. The topological polar surface area (TPSA) is 515 Å². The van der Waals surface area contributed by atoms with E-state index in [-0.39, 0.29) is 48.7 Å². The fourth-order valence-corrected chi connectivity index (χ4v) is 17.8. The molecule has 0 amide bonds. The zero-order valence-corrected chi connectivity index (χ0v) is 55.7. The number of aliphatic hydroxyl groups is 16. The first-order chi connectivity index (χ1) is 44.9. The number of carbonyl (C=O) groups is 1. The van der Waals surface area contributed by atoms with E-state index in [1.807, 2.05) is 13.8 Å². The van der Waals surface area contributed by atoms with Crippen molar-refractivity contribution in [1.29, 1.82) is 0 Å². The summed E-state index contributed by atoms with van der Waals surface area (Å²) in [6.07, 6.45) is -48.6. The molecule has 4 aliphatic carbocycles. The van der Waals surface area contributed by atoms with Gasteiger partial charge in [0.05, 0.1) is 55.9 Å². The molecule has 34 heteroatoms. The van der Waals surface area contributed by atoms with Crippen LogP contribution < -0.4 is 0 Å². The van der Waals surface area contributed by atoms with Gasteiger partial charge in [-0.3, -0.25) is 9.35 Å². The maximum absolute atomic E-state index is 13.3. The normalized spacial score (nSPS) is 51.6. The highest BCUT2D eigenvalue weighted by atomic mass is 32.3. The summed E-state index contributed by atoms with van der Waals surface area (Å²) in [7, 11) is -4.92. The van der Waals surface area contributed by atoms with E-state index in [2.05, 4.69) is 19.9 Å². The van der Waals surface area contributed by atoms with Crippen molar-refractivity contribution in [2.75, 3.05) is 19.8 Å². The van der Waals surface area contributed by atoms with E-state index in [1.165, 1.54) is 20.8 Å². The lowest BCUT2D eigenvalue weighted by Gasteiger charge is -2.60. The third-order valence-electron chi connectivity index (χ3n) is 22.4. The van der Waals surface area contributed by atoms with Gasteiger partial charge in [0.2, 0.25) is 0 Å². The van der Waals surface area contributed by atoms with Gasteiger partial charge < -0.3 is 139 Å². The summed E-state index contributed by atoms with van der Waals surface area (Å²) in [6.45, 7) is 11.4. The van der Waals surface area contributed by atoms with Gasteiger partial charge in [-0.15, -0.1) is 0 Å². The second-order valence-electron chi connectivity index (χ2n) is 29.5. The Morgan fingerprint density at radius 2 is 1.06 bits per heavy atom. The molecule has 10 rings (SSSR count). The monoisotopic (exact) mass is 1410 g/mol. The van der Waals surface area contributed by atoms with Crippen molar-refractivity contribution in [2.45, 2.75) is 309 Å². The Morgan fingerprint density at radius 1 is 0.573 bits per heavy atom. The molecule has 96 heavy (non-hydrogen) atoms. The zero-order valence-electron chi connectivity index (χ0n) is 54.9. The maximum Gasteiger partial charge on any atom is 0.397 e. The van der Waals surface area contributed by atoms with Gasteiger partial charge in [0.15, 0.2) is 37.7 Å². The Morgan fingerprint density at radius 3 is 1.64 bits per heavy atom. The van der Waals surface area contributed by atoms with Gasteiger partial charge in [0.1, 0.15) is 128 Å². The van der Waals surface area contributed by atoms with E-state index in [9.17, 15) is 99.5 Å². The maximum atomic E-state index is 13.3. The molecule has 17 N–H and O–H groups in total. The summed E-state index contributed by atoms with van der Waals surface area (Å²) in [5.74, 6) is -0.947. The van der Waals surface area contributed by atoms with Crippen LogP contribution in [0, 0.1) is 40.4 Å². The van der Waals surface area contributed by atoms with Crippen molar-refractivity contribution in [3.05, 3.63) is 11.6 Å². The molecule has 0 aromatic heterocycles. The molecule has 3 saturated carbocycles. The molecule has 6 heterocycles. The van der Waals surface area contributed by atoms with Crippen molar-refractivity contribution in [3.63, 3.8) is 0 Å². The van der Waals surface area contributed by atoms with Crippen molar-refractivity contribution in [3.8, 4) is 0 Å². The number of carbonyl (C=O) groups excluding carboxylic acids is 1. The molecule has 554 valence electrons. The van der Waals surface area contributed by atoms with Gasteiger partial charge in [-0.2, -0.15) is 8.42 Å². The molecule has 0 radical (unpaired) electrons. The standard InChI is InChI=1S/C62H102O33S/c1-22(2)15-26(65)18-62(8,79)36-10-9-29-28-17-32(31-16-27(95-96(80,81)82)11-13-60(31,6)30(28)12-14-61(29,36)7)87-56-48(77)51(39(68)24(4)85-56)92-58-52(93-54-46(75)43(72)37(66)23(3)84-54)42(71)35(21-83-58)90-59-53(45(74)41(70)34(20-64)89-59)94-57-49(78)50(38(67)25(5)86-57)91-55-47(76)44(73)40(69)33(19-63)88-55/h12,22-25,27-29,31-59,63-64,66-79H,9-11,13-21H2,1-8H3,(H,80,81,82)/t23-,24-,25-,27+,28+,29+,31-,32+,33-,34-,35-,36+,37-,38+,39-,40+,41+,42+,43+,44+,45+,46-,47-,48-,49-,50+,51+,52-,53-,54-,55+,56-,57+,58+,59+,60-,61+,62?/m1/s1. The highest BCUT2D eigenvalue weighted by Gasteiger charge is 2.64. The average Bonchev–Trinajstić information content (AvgIpc) is 1.29. The summed E-state index contributed by atoms with van der Waals surface area (Å²) in [6, 6.07) is 0. The lowest BCUT2D eigenvalue weighted by Crippen LogP contribution is -2.67. The number of hydrogen-bond acceptors (Lipinski definition) is 32. The SMILES string of the molecule is CC(C)CC(=O)CC(C)(O)[C@H]1CC[C@H]2[C@@H]3C[C@H](O[C@H]4O[C@H](C)[C@@H](O)[C@H](O[C@@H]5OC[C@@H](O[C@@H]6O[C@H](CO)[C@H](O)[C@H](O)[C@H]6O[C@@H]6O[C@H](C)[C@H](O)[C@H](O[C@@H]7O[C@H](CO)[C@H](O)[C@H](O)[C@H]7O)[C@H]6O)[C@H](O)[C@H]5O[C@H]5O[C@H](C)[C@@H](O)[C@H](O)[C@H]5O)[C@H]4O)[C@H]4C[C@@H](OS(=O)(=O)O)CC[C@]4(C)C3=CC[C@]12C. The zero-order chi connectivity index (χ0) is 70.3. The largest absolute Gasteiger partial charge is 0.397 e. The minimum atomic E-state index is -4.92. The highest BCUT2D eigenvalue weighted by Crippen LogP contribution is 2.67. The molecular formula is C62H102O33S. The van der Waals surface area contributed by atoms with Gasteiger partial charge in [0, 0.05) is 12.8 Å². The Balaban J connectivity index is 0.903. The van der Waals surface area contributed by atoms with Crippen LogP contribution in [0.15, 0.2) is 11.6 Å². The number of rotatable bonds is 21. The van der Waals surface area contributed by atoms with Crippen LogP contribution in [0.5, 0.6) is 0 Å². The van der Waals surface area contributed by atoms with E-state index in [1.54, 1.807) is 6.92 Å². The molecule has 33 nitrogen and oxygen atoms in total. The van der Waals surface area contributed by atoms with E-state index in [4.69, 9.17) is 61.0 Å². The first-order valence-electron chi connectivity index (χ1n) is 33.4. The third-order valence-corrected chi connectivity index (χ3v) is 22.9. The summed E-state index contributed by atoms with van der Waals surface area (Å²) in [4.78, 5) is 13.3. The second-order valence-corrected chi connectivity index (χ2v) is 30.5. The Kier molecular flexibility index (Phi) is 24.1. The van der Waals surface area contributed by atoms with Gasteiger partial charge in [-0.1, -0.05) is 39.3 Å². The molecule has 10 aliphatic rings. The Hall–Kier alpha value is -1.84. The van der Waals surface area contributed by atoms with E-state index in [0.29, 0.717) is 38.5 Å². The summed E-state index contributed by atoms with van der Waals surface area (Å²) >= 11 is 0. The molecule has 9 fully saturated rings. The van der Waals surface area contributed by atoms with E-state index < -0.39 is 243 Å². The number of aliphatic hydroxyl groups excluding tert-OH is 15. The molecule has 0 aromatic carbocycles. The summed E-state index contributed by atoms with van der Waals surface area (Å²) in [5, 5.41) is 179.